The third-order valence-corrected chi connectivity index (χ3v) is 3.54. The van der Waals surface area contributed by atoms with Crippen LogP contribution < -0.4 is 10.1 Å². The van der Waals surface area contributed by atoms with Gasteiger partial charge in [-0.05, 0) is 55.7 Å². The number of rotatable bonds is 5. The monoisotopic (exact) mass is 295 g/mol. The molecule has 3 nitrogen and oxygen atoms in total. The first kappa shape index (κ1) is 15.8. The third kappa shape index (κ3) is 3.55. The lowest BCUT2D eigenvalue weighted by Gasteiger charge is -2.11. The van der Waals surface area contributed by atoms with Gasteiger partial charge in [-0.3, -0.25) is 4.79 Å². The standard InChI is InChI=1S/C19H21NO2/c1-5-6-15-12-16(8-10-18(15)22-4)19(21)20-17-9-7-13(2)11-14(17)3/h5,7-12H,1,6H2,2-4H3,(H,20,21). The van der Waals surface area contributed by atoms with Gasteiger partial charge in [-0.25, -0.2) is 0 Å². The normalized spacial score (nSPS) is 10.1. The van der Waals surface area contributed by atoms with Gasteiger partial charge in [-0.2, -0.15) is 0 Å². The molecule has 1 amide bonds. The van der Waals surface area contributed by atoms with Crippen LogP contribution in [0.4, 0.5) is 5.69 Å². The fourth-order valence-electron chi connectivity index (χ4n) is 2.38. The van der Waals surface area contributed by atoms with Crippen LogP contribution in [-0.2, 0) is 6.42 Å². The average Bonchev–Trinajstić information content (AvgIpc) is 2.50. The van der Waals surface area contributed by atoms with Crippen LogP contribution >= 0.6 is 0 Å². The van der Waals surface area contributed by atoms with Crippen LogP contribution in [0.25, 0.3) is 0 Å². The zero-order valence-corrected chi connectivity index (χ0v) is 13.3. The van der Waals surface area contributed by atoms with E-state index in [-0.39, 0.29) is 5.91 Å². The second-order valence-electron chi connectivity index (χ2n) is 5.29. The molecule has 0 radical (unpaired) electrons. The van der Waals surface area contributed by atoms with Gasteiger partial charge in [-0.15, -0.1) is 6.58 Å². The van der Waals surface area contributed by atoms with Crippen LogP contribution in [-0.4, -0.2) is 13.0 Å². The number of nitrogens with one attached hydrogen (secondary N) is 1. The molecule has 0 aliphatic heterocycles. The van der Waals surface area contributed by atoms with Crippen molar-refractivity contribution in [3.63, 3.8) is 0 Å². The largest absolute Gasteiger partial charge is 0.496 e. The Bertz CT molecular complexity index is 705. The number of ether oxygens (including phenoxy) is 1. The summed E-state index contributed by atoms with van der Waals surface area (Å²) < 4.78 is 5.30. The summed E-state index contributed by atoms with van der Waals surface area (Å²) in [5.74, 6) is 0.642. The maximum Gasteiger partial charge on any atom is 0.255 e. The van der Waals surface area contributed by atoms with Crippen LogP contribution in [0.5, 0.6) is 5.75 Å². The predicted molar refractivity (Wildman–Crippen MR) is 90.8 cm³/mol. The Morgan fingerprint density at radius 1 is 1.23 bits per heavy atom. The molecule has 114 valence electrons. The summed E-state index contributed by atoms with van der Waals surface area (Å²) in [6, 6.07) is 11.4. The highest BCUT2D eigenvalue weighted by Gasteiger charge is 2.11. The number of allylic oxidation sites excluding steroid dienone is 1. The molecule has 0 aliphatic carbocycles. The molecule has 0 bridgehead atoms. The first-order valence-electron chi connectivity index (χ1n) is 7.21. The molecule has 0 spiro atoms. The average molecular weight is 295 g/mol. The molecule has 0 saturated carbocycles. The van der Waals surface area contributed by atoms with E-state index in [0.29, 0.717) is 12.0 Å². The van der Waals surface area contributed by atoms with E-state index < -0.39 is 0 Å². The summed E-state index contributed by atoms with van der Waals surface area (Å²) >= 11 is 0. The molecule has 0 fully saturated rings. The van der Waals surface area contributed by atoms with Crippen molar-refractivity contribution < 1.29 is 9.53 Å². The highest BCUT2D eigenvalue weighted by Crippen LogP contribution is 2.22. The van der Waals surface area contributed by atoms with E-state index in [0.717, 1.165) is 22.6 Å². The lowest BCUT2D eigenvalue weighted by molar-refractivity contribution is 0.102. The van der Waals surface area contributed by atoms with E-state index >= 15 is 0 Å². The number of carbonyl (C=O) groups excluding carboxylic acids is 1. The molecule has 3 heteroatoms. The topological polar surface area (TPSA) is 38.3 Å². The van der Waals surface area contributed by atoms with Crippen molar-refractivity contribution in [2.75, 3.05) is 12.4 Å². The van der Waals surface area contributed by atoms with Gasteiger partial charge in [-0.1, -0.05) is 23.8 Å². The minimum absolute atomic E-state index is 0.125. The molecule has 0 aliphatic rings. The molecule has 0 atom stereocenters. The Kier molecular flexibility index (Phi) is 4.99. The van der Waals surface area contributed by atoms with Gasteiger partial charge in [0.1, 0.15) is 5.75 Å². The number of anilines is 1. The summed E-state index contributed by atoms with van der Waals surface area (Å²) in [4.78, 5) is 12.4. The number of aryl methyl sites for hydroxylation is 2. The SMILES string of the molecule is C=CCc1cc(C(=O)Nc2ccc(C)cc2C)ccc1OC. The Morgan fingerprint density at radius 2 is 2.00 bits per heavy atom. The zero-order valence-electron chi connectivity index (χ0n) is 13.3. The first-order chi connectivity index (χ1) is 10.5. The van der Waals surface area contributed by atoms with Gasteiger partial charge >= 0.3 is 0 Å². The fourth-order valence-corrected chi connectivity index (χ4v) is 2.38. The van der Waals surface area contributed by atoms with E-state index in [2.05, 4.69) is 11.9 Å². The maximum atomic E-state index is 12.4. The molecule has 0 heterocycles. The first-order valence-corrected chi connectivity index (χ1v) is 7.21. The Balaban J connectivity index is 2.25. The number of carbonyl (C=O) groups is 1. The highest BCUT2D eigenvalue weighted by molar-refractivity contribution is 6.04. The molecule has 0 saturated heterocycles. The van der Waals surface area contributed by atoms with Gasteiger partial charge in [0, 0.05) is 11.3 Å². The number of amides is 1. The molecule has 22 heavy (non-hydrogen) atoms. The summed E-state index contributed by atoms with van der Waals surface area (Å²) in [5.41, 5.74) is 4.61. The van der Waals surface area contributed by atoms with Gasteiger partial charge in [0.15, 0.2) is 0 Å². The minimum atomic E-state index is -0.125. The molecule has 2 aromatic rings. The Labute approximate surface area is 131 Å². The molecule has 1 N–H and O–H groups in total. The van der Waals surface area contributed by atoms with Crippen LogP contribution in [0.3, 0.4) is 0 Å². The number of hydrogen-bond acceptors (Lipinski definition) is 2. The van der Waals surface area contributed by atoms with E-state index in [1.165, 1.54) is 5.56 Å². The number of hydrogen-bond donors (Lipinski definition) is 1. The van der Waals surface area contributed by atoms with Crippen molar-refractivity contribution in [1.82, 2.24) is 0 Å². The van der Waals surface area contributed by atoms with Gasteiger partial charge in [0.05, 0.1) is 7.11 Å². The summed E-state index contributed by atoms with van der Waals surface area (Å²) in [7, 11) is 1.62. The molecule has 0 unspecified atom stereocenters. The highest BCUT2D eigenvalue weighted by atomic mass is 16.5. The van der Waals surface area contributed by atoms with Crippen molar-refractivity contribution >= 4 is 11.6 Å². The van der Waals surface area contributed by atoms with E-state index in [4.69, 9.17) is 4.74 Å². The second-order valence-corrected chi connectivity index (χ2v) is 5.29. The molecular formula is C19H21NO2. The summed E-state index contributed by atoms with van der Waals surface area (Å²) in [6.45, 7) is 7.75. The van der Waals surface area contributed by atoms with Gasteiger partial charge in [0.2, 0.25) is 0 Å². The van der Waals surface area contributed by atoms with E-state index in [1.54, 1.807) is 19.3 Å². The molecule has 0 aromatic heterocycles. The van der Waals surface area contributed by atoms with Crippen molar-refractivity contribution in [2.45, 2.75) is 20.3 Å². The third-order valence-electron chi connectivity index (χ3n) is 3.54. The molecule has 2 aromatic carbocycles. The fraction of sp³-hybridized carbons (Fsp3) is 0.211. The lowest BCUT2D eigenvalue weighted by atomic mass is 10.1. The van der Waals surface area contributed by atoms with Crippen LogP contribution in [0.2, 0.25) is 0 Å². The van der Waals surface area contributed by atoms with E-state index in [1.807, 2.05) is 44.2 Å². The van der Waals surface area contributed by atoms with Crippen molar-refractivity contribution in [1.29, 1.82) is 0 Å². The lowest BCUT2D eigenvalue weighted by Crippen LogP contribution is -2.13. The zero-order chi connectivity index (χ0) is 16.1. The second kappa shape index (κ2) is 6.94. The van der Waals surface area contributed by atoms with Crippen molar-refractivity contribution in [2.24, 2.45) is 0 Å². The number of benzene rings is 2. The van der Waals surface area contributed by atoms with Crippen molar-refractivity contribution in [3.8, 4) is 5.75 Å². The maximum absolute atomic E-state index is 12.4. The number of methoxy groups -OCH3 is 1. The van der Waals surface area contributed by atoms with Crippen LogP contribution in [0.15, 0.2) is 49.1 Å². The predicted octanol–water partition coefficient (Wildman–Crippen LogP) is 4.29. The quantitative estimate of drug-likeness (QED) is 0.835. The van der Waals surface area contributed by atoms with Crippen LogP contribution in [0.1, 0.15) is 27.0 Å². The summed E-state index contributed by atoms with van der Waals surface area (Å²) in [5, 5.41) is 2.95. The Hall–Kier alpha value is -2.55. The van der Waals surface area contributed by atoms with Crippen LogP contribution in [0, 0.1) is 13.8 Å². The van der Waals surface area contributed by atoms with E-state index in [9.17, 15) is 4.79 Å². The molecular weight excluding hydrogens is 274 g/mol. The summed E-state index contributed by atoms with van der Waals surface area (Å²) in [6.07, 6.45) is 2.46. The minimum Gasteiger partial charge on any atom is -0.496 e. The van der Waals surface area contributed by atoms with Gasteiger partial charge < -0.3 is 10.1 Å². The smallest absolute Gasteiger partial charge is 0.255 e. The van der Waals surface area contributed by atoms with Gasteiger partial charge in [0.25, 0.3) is 5.91 Å². The molecule has 2 rings (SSSR count). The van der Waals surface area contributed by atoms with Crippen molar-refractivity contribution in [3.05, 3.63) is 71.3 Å². The Morgan fingerprint density at radius 3 is 2.64 bits per heavy atom.